The average Bonchev–Trinajstić information content (AvgIpc) is 2.94. The lowest BCUT2D eigenvalue weighted by Crippen LogP contribution is -2.36. The highest BCUT2D eigenvalue weighted by Gasteiger charge is 2.31. The zero-order valence-corrected chi connectivity index (χ0v) is 22.6. The molecule has 0 bridgehead atoms. The lowest BCUT2D eigenvalue weighted by Gasteiger charge is -2.28. The standard InChI is InChI=1S/C27H26ClNO8S/c1-34-23-12-20(13-24(35-2)26(23)36-3)22(30)16-37-27(31)18-8-9-21(28)25(14-18)38(32,33)29-11-10-17-6-4-5-7-19(17)15-29/h4-9,12-14H,10-11,15-16H2,1-3H3. The molecule has 38 heavy (non-hydrogen) atoms. The molecule has 0 amide bonds. The number of fused-ring (bicyclic) bond motifs is 1. The van der Waals surface area contributed by atoms with Crippen LogP contribution in [0.4, 0.5) is 0 Å². The Kier molecular flexibility index (Phi) is 8.25. The normalized spacial score (nSPS) is 13.4. The van der Waals surface area contributed by atoms with Crippen molar-refractivity contribution in [1.29, 1.82) is 0 Å². The first-order chi connectivity index (χ1) is 18.2. The lowest BCUT2D eigenvalue weighted by molar-refractivity contribution is 0.0474. The summed E-state index contributed by atoms with van der Waals surface area (Å²) in [6.07, 6.45) is 0.567. The number of ketones is 1. The number of hydrogen-bond donors (Lipinski definition) is 0. The molecule has 0 radical (unpaired) electrons. The molecule has 200 valence electrons. The van der Waals surface area contributed by atoms with Gasteiger partial charge in [-0.15, -0.1) is 0 Å². The molecular formula is C27H26ClNO8S. The fraction of sp³-hybridized carbons (Fsp3) is 0.259. The Balaban J connectivity index is 1.51. The van der Waals surface area contributed by atoms with Crippen molar-refractivity contribution in [3.63, 3.8) is 0 Å². The van der Waals surface area contributed by atoms with E-state index in [9.17, 15) is 18.0 Å². The molecule has 3 aromatic carbocycles. The molecule has 0 unspecified atom stereocenters. The van der Waals surface area contributed by atoms with E-state index in [-0.39, 0.29) is 45.6 Å². The van der Waals surface area contributed by atoms with Crippen LogP contribution in [0.15, 0.2) is 59.5 Å². The number of halogens is 1. The van der Waals surface area contributed by atoms with Crippen LogP contribution in [0, 0.1) is 0 Å². The number of Topliss-reactive ketones (excluding diaryl/α,β-unsaturated/α-hetero) is 1. The molecule has 1 heterocycles. The van der Waals surface area contributed by atoms with E-state index in [1.165, 1.54) is 56.0 Å². The second-order valence-electron chi connectivity index (χ2n) is 8.42. The van der Waals surface area contributed by atoms with Crippen molar-refractivity contribution in [2.24, 2.45) is 0 Å². The smallest absolute Gasteiger partial charge is 0.338 e. The van der Waals surface area contributed by atoms with Crippen LogP contribution >= 0.6 is 11.6 Å². The van der Waals surface area contributed by atoms with Crippen molar-refractivity contribution >= 4 is 33.4 Å². The molecule has 1 aliphatic heterocycles. The molecule has 3 aromatic rings. The van der Waals surface area contributed by atoms with Crippen molar-refractivity contribution in [1.82, 2.24) is 4.31 Å². The Morgan fingerprint density at radius 2 is 1.55 bits per heavy atom. The van der Waals surface area contributed by atoms with Gasteiger partial charge in [0.25, 0.3) is 0 Å². The van der Waals surface area contributed by atoms with E-state index in [1.807, 2.05) is 24.3 Å². The molecule has 1 aliphatic rings. The van der Waals surface area contributed by atoms with Gasteiger partial charge in [-0.3, -0.25) is 4.79 Å². The number of hydrogen-bond acceptors (Lipinski definition) is 8. The third kappa shape index (κ3) is 5.47. The number of rotatable bonds is 9. The lowest BCUT2D eigenvalue weighted by atomic mass is 10.0. The fourth-order valence-corrected chi connectivity index (χ4v) is 6.10. The van der Waals surface area contributed by atoms with Crippen molar-refractivity contribution in [2.75, 3.05) is 34.5 Å². The molecule has 4 rings (SSSR count). The first kappa shape index (κ1) is 27.4. The second-order valence-corrected chi connectivity index (χ2v) is 10.7. The summed E-state index contributed by atoms with van der Waals surface area (Å²) in [5.74, 6) is -0.534. The predicted molar refractivity (Wildman–Crippen MR) is 140 cm³/mol. The van der Waals surface area contributed by atoms with E-state index < -0.39 is 28.4 Å². The van der Waals surface area contributed by atoms with Gasteiger partial charge in [-0.1, -0.05) is 35.9 Å². The molecule has 0 saturated heterocycles. The Hall–Kier alpha value is -3.60. The van der Waals surface area contributed by atoms with Crippen molar-refractivity contribution < 1.29 is 37.0 Å². The Morgan fingerprint density at radius 1 is 0.895 bits per heavy atom. The molecule has 9 nitrogen and oxygen atoms in total. The van der Waals surface area contributed by atoms with E-state index in [0.717, 1.165) is 11.1 Å². The number of benzene rings is 3. The first-order valence-electron chi connectivity index (χ1n) is 11.6. The third-order valence-electron chi connectivity index (χ3n) is 6.20. The van der Waals surface area contributed by atoms with Crippen LogP contribution in [-0.2, 0) is 27.7 Å². The van der Waals surface area contributed by atoms with Crippen LogP contribution in [0.1, 0.15) is 31.8 Å². The van der Waals surface area contributed by atoms with E-state index >= 15 is 0 Å². The van der Waals surface area contributed by atoms with Crippen molar-refractivity contribution in [3.8, 4) is 17.2 Å². The minimum atomic E-state index is -4.00. The predicted octanol–water partition coefficient (Wildman–Crippen LogP) is 4.15. The SMILES string of the molecule is COc1cc(C(=O)COC(=O)c2ccc(Cl)c(S(=O)(=O)N3CCc4ccccc4C3)c2)cc(OC)c1OC. The number of sulfonamides is 1. The van der Waals surface area contributed by atoms with Crippen LogP contribution in [0.3, 0.4) is 0 Å². The fourth-order valence-electron chi connectivity index (χ4n) is 4.18. The zero-order valence-electron chi connectivity index (χ0n) is 21.0. The number of carbonyl (C=O) groups is 2. The Bertz CT molecular complexity index is 1460. The topological polar surface area (TPSA) is 108 Å². The monoisotopic (exact) mass is 559 g/mol. The third-order valence-corrected chi connectivity index (χ3v) is 8.53. The highest BCUT2D eigenvalue weighted by atomic mass is 35.5. The summed E-state index contributed by atoms with van der Waals surface area (Å²) >= 11 is 6.25. The molecule has 0 aliphatic carbocycles. The number of carbonyl (C=O) groups excluding carboxylic acids is 2. The number of nitrogens with zero attached hydrogens (tertiary/aromatic N) is 1. The molecule has 11 heteroatoms. The second kappa shape index (κ2) is 11.4. The number of methoxy groups -OCH3 is 3. The van der Waals surface area contributed by atoms with Gasteiger partial charge in [-0.2, -0.15) is 4.31 Å². The van der Waals surface area contributed by atoms with Gasteiger partial charge >= 0.3 is 5.97 Å². The van der Waals surface area contributed by atoms with Crippen molar-refractivity contribution in [2.45, 2.75) is 17.9 Å². The average molecular weight is 560 g/mol. The van der Waals surface area contributed by atoms with Crippen molar-refractivity contribution in [3.05, 3.63) is 81.9 Å². The summed E-state index contributed by atoms with van der Waals surface area (Å²) in [4.78, 5) is 25.3. The molecule has 0 spiro atoms. The molecule has 0 saturated carbocycles. The minimum Gasteiger partial charge on any atom is -0.493 e. The highest BCUT2D eigenvalue weighted by molar-refractivity contribution is 7.89. The summed E-state index contributed by atoms with van der Waals surface area (Å²) in [6.45, 7) is -0.106. The van der Waals surface area contributed by atoms with E-state index in [2.05, 4.69) is 0 Å². The van der Waals surface area contributed by atoms with Crippen LogP contribution < -0.4 is 14.2 Å². The summed E-state index contributed by atoms with van der Waals surface area (Å²) < 4.78 is 49.1. The van der Waals surface area contributed by atoms with Gasteiger partial charge in [0.2, 0.25) is 21.6 Å². The van der Waals surface area contributed by atoms with Gasteiger partial charge < -0.3 is 18.9 Å². The van der Waals surface area contributed by atoms with Crippen LogP contribution in [-0.4, -0.2) is 59.0 Å². The molecule has 0 aromatic heterocycles. The quantitative estimate of drug-likeness (QED) is 0.284. The summed E-state index contributed by atoms with van der Waals surface area (Å²) in [5.41, 5.74) is 2.14. The maximum atomic E-state index is 13.4. The van der Waals surface area contributed by atoms with Gasteiger partial charge in [0.1, 0.15) is 4.90 Å². The number of ether oxygens (including phenoxy) is 4. The molecule has 0 atom stereocenters. The van der Waals surface area contributed by atoms with E-state index in [1.54, 1.807) is 0 Å². The molecule has 0 fully saturated rings. The van der Waals surface area contributed by atoms with E-state index in [4.69, 9.17) is 30.5 Å². The first-order valence-corrected chi connectivity index (χ1v) is 13.4. The number of esters is 1. The minimum absolute atomic E-state index is 0.0195. The maximum absolute atomic E-state index is 13.4. The Morgan fingerprint density at radius 3 is 2.18 bits per heavy atom. The molecular weight excluding hydrogens is 534 g/mol. The summed E-state index contributed by atoms with van der Waals surface area (Å²) in [5, 5.41) is -0.0195. The van der Waals surface area contributed by atoms with Gasteiger partial charge in [0.05, 0.1) is 31.9 Å². The van der Waals surface area contributed by atoms with Crippen LogP contribution in [0.25, 0.3) is 0 Å². The highest BCUT2D eigenvalue weighted by Crippen LogP contribution is 2.38. The van der Waals surface area contributed by atoms with Gasteiger partial charge in [-0.05, 0) is 47.9 Å². The summed E-state index contributed by atoms with van der Waals surface area (Å²) in [6, 6.07) is 14.4. The van der Waals surface area contributed by atoms with Crippen LogP contribution in [0.5, 0.6) is 17.2 Å². The Labute approximate surface area is 225 Å². The zero-order chi connectivity index (χ0) is 27.4. The van der Waals surface area contributed by atoms with Gasteiger partial charge in [0, 0.05) is 18.7 Å². The molecule has 0 N–H and O–H groups in total. The van der Waals surface area contributed by atoms with E-state index in [0.29, 0.717) is 12.2 Å². The van der Waals surface area contributed by atoms with Crippen LogP contribution in [0.2, 0.25) is 5.02 Å². The summed E-state index contributed by atoms with van der Waals surface area (Å²) in [7, 11) is 0.272. The maximum Gasteiger partial charge on any atom is 0.338 e. The van der Waals surface area contributed by atoms with Gasteiger partial charge in [-0.25, -0.2) is 13.2 Å². The van der Waals surface area contributed by atoms with Gasteiger partial charge in [0.15, 0.2) is 18.1 Å². The largest absolute Gasteiger partial charge is 0.493 e.